The third-order valence-corrected chi connectivity index (χ3v) is 6.70. The average molecular weight is 415 g/mol. The summed E-state index contributed by atoms with van der Waals surface area (Å²) in [5, 5.41) is 3.48. The second-order valence-corrected chi connectivity index (χ2v) is 9.81. The van der Waals surface area contributed by atoms with Crippen LogP contribution in [0.3, 0.4) is 0 Å². The van der Waals surface area contributed by atoms with Gasteiger partial charge in [-0.25, -0.2) is 0 Å². The molecular formula is C23H30N2O3S. The summed E-state index contributed by atoms with van der Waals surface area (Å²) in [6, 6.07) is 7.08. The van der Waals surface area contributed by atoms with E-state index < -0.39 is 5.91 Å². The normalized spacial score (nSPS) is 16.2. The molecule has 6 heteroatoms. The van der Waals surface area contributed by atoms with E-state index >= 15 is 0 Å². The highest BCUT2D eigenvalue weighted by molar-refractivity contribution is 7.17. The van der Waals surface area contributed by atoms with Crippen LogP contribution in [0.5, 0.6) is 5.75 Å². The second-order valence-electron chi connectivity index (χ2n) is 8.71. The lowest BCUT2D eigenvalue weighted by Crippen LogP contribution is -2.27. The van der Waals surface area contributed by atoms with Crippen LogP contribution < -0.4 is 15.8 Å². The maximum atomic E-state index is 12.8. The summed E-state index contributed by atoms with van der Waals surface area (Å²) >= 11 is 1.49. The summed E-state index contributed by atoms with van der Waals surface area (Å²) in [7, 11) is 0. The molecule has 0 saturated heterocycles. The van der Waals surface area contributed by atoms with Crippen LogP contribution in [-0.2, 0) is 12.8 Å². The van der Waals surface area contributed by atoms with Crippen LogP contribution >= 0.6 is 11.3 Å². The molecule has 3 rings (SSSR count). The van der Waals surface area contributed by atoms with Crippen molar-refractivity contribution in [1.29, 1.82) is 0 Å². The Morgan fingerprint density at radius 1 is 1.31 bits per heavy atom. The molecule has 0 saturated carbocycles. The Bertz CT molecular complexity index is 911. The molecule has 1 aliphatic carbocycles. The van der Waals surface area contributed by atoms with Gasteiger partial charge in [0.1, 0.15) is 10.8 Å². The van der Waals surface area contributed by atoms with E-state index in [1.807, 2.05) is 13.0 Å². The first-order valence-corrected chi connectivity index (χ1v) is 11.0. The predicted molar refractivity (Wildman–Crippen MR) is 118 cm³/mol. The molecule has 2 aromatic rings. The maximum Gasteiger partial charge on any atom is 0.256 e. The Balaban J connectivity index is 1.85. The zero-order valence-corrected chi connectivity index (χ0v) is 18.4. The number of rotatable bonds is 6. The molecular weight excluding hydrogens is 384 g/mol. The minimum absolute atomic E-state index is 0.205. The number of fused-ring (bicyclic) bond motifs is 1. The fourth-order valence-corrected chi connectivity index (χ4v) is 5.12. The zero-order valence-electron chi connectivity index (χ0n) is 17.6. The molecule has 1 aromatic heterocycles. The van der Waals surface area contributed by atoms with Crippen LogP contribution in [0.25, 0.3) is 0 Å². The number of benzene rings is 1. The number of nitrogens with two attached hydrogens (primary N) is 1. The first-order valence-electron chi connectivity index (χ1n) is 10.2. The Hall–Kier alpha value is -2.34. The smallest absolute Gasteiger partial charge is 0.256 e. The van der Waals surface area contributed by atoms with Gasteiger partial charge in [-0.1, -0.05) is 33.8 Å². The van der Waals surface area contributed by atoms with Crippen LogP contribution in [0, 0.1) is 11.3 Å². The number of nitrogens with one attached hydrogen (secondary N) is 1. The molecule has 1 aromatic carbocycles. The van der Waals surface area contributed by atoms with Gasteiger partial charge in [-0.3, -0.25) is 9.59 Å². The molecule has 1 atom stereocenters. The van der Waals surface area contributed by atoms with Gasteiger partial charge in [0.25, 0.3) is 11.8 Å². The monoisotopic (exact) mass is 414 g/mol. The van der Waals surface area contributed by atoms with Crippen molar-refractivity contribution in [2.24, 2.45) is 17.1 Å². The summed E-state index contributed by atoms with van der Waals surface area (Å²) < 4.78 is 5.62. The van der Waals surface area contributed by atoms with E-state index in [0.29, 0.717) is 34.4 Å². The van der Waals surface area contributed by atoms with Crippen LogP contribution in [0.2, 0.25) is 0 Å². The number of amides is 2. The van der Waals surface area contributed by atoms with Gasteiger partial charge in [-0.2, -0.15) is 0 Å². The molecule has 0 spiro atoms. The second kappa shape index (κ2) is 8.57. The minimum atomic E-state index is -0.480. The van der Waals surface area contributed by atoms with Gasteiger partial charge in [0, 0.05) is 10.4 Å². The molecule has 2 amide bonds. The number of hydrogen-bond donors (Lipinski definition) is 2. The molecule has 0 bridgehead atoms. The number of thiophene rings is 1. The lowest BCUT2D eigenvalue weighted by molar-refractivity contribution is 0.1000. The van der Waals surface area contributed by atoms with Crippen molar-refractivity contribution in [2.45, 2.75) is 53.4 Å². The van der Waals surface area contributed by atoms with Crippen molar-refractivity contribution in [1.82, 2.24) is 0 Å². The van der Waals surface area contributed by atoms with E-state index in [9.17, 15) is 9.59 Å². The van der Waals surface area contributed by atoms with E-state index in [4.69, 9.17) is 10.5 Å². The van der Waals surface area contributed by atoms with Crippen LogP contribution in [0.15, 0.2) is 24.3 Å². The number of carbonyl (C=O) groups excluding carboxylic acids is 2. The molecule has 1 aliphatic rings. The highest BCUT2D eigenvalue weighted by Gasteiger charge is 2.33. The molecule has 0 aliphatic heterocycles. The maximum absolute atomic E-state index is 12.8. The largest absolute Gasteiger partial charge is 0.494 e. The molecule has 0 radical (unpaired) electrons. The van der Waals surface area contributed by atoms with Crippen molar-refractivity contribution in [3.63, 3.8) is 0 Å². The first-order chi connectivity index (χ1) is 13.7. The van der Waals surface area contributed by atoms with Gasteiger partial charge in [0.2, 0.25) is 0 Å². The quantitative estimate of drug-likeness (QED) is 0.695. The molecule has 0 fully saturated rings. The molecule has 156 valence electrons. The Kier molecular flexibility index (Phi) is 6.32. The summed E-state index contributed by atoms with van der Waals surface area (Å²) in [6.07, 6.45) is 3.66. The Morgan fingerprint density at radius 3 is 2.72 bits per heavy atom. The minimum Gasteiger partial charge on any atom is -0.494 e. The van der Waals surface area contributed by atoms with Crippen molar-refractivity contribution in [2.75, 3.05) is 11.9 Å². The zero-order chi connectivity index (χ0) is 21.2. The topological polar surface area (TPSA) is 81.4 Å². The number of carbonyl (C=O) groups is 2. The van der Waals surface area contributed by atoms with Gasteiger partial charge in [-0.05, 0) is 60.8 Å². The number of ether oxygens (including phenoxy) is 1. The van der Waals surface area contributed by atoms with Crippen molar-refractivity contribution in [3.8, 4) is 5.75 Å². The van der Waals surface area contributed by atoms with Gasteiger partial charge in [0.05, 0.1) is 12.2 Å². The van der Waals surface area contributed by atoms with Gasteiger partial charge in [0.15, 0.2) is 0 Å². The summed E-state index contributed by atoms with van der Waals surface area (Å²) in [6.45, 7) is 9.39. The fraction of sp³-hybridized carbons (Fsp3) is 0.478. The fourth-order valence-electron chi connectivity index (χ4n) is 3.80. The number of anilines is 1. The SMILES string of the molecule is CCCOc1cccc(C(=O)Nc2sc3c(c2C(N)=O)CC[C@@H](C(C)(C)C)C3)c1. The molecule has 3 N–H and O–H groups in total. The highest BCUT2D eigenvalue weighted by Crippen LogP contribution is 2.44. The summed E-state index contributed by atoms with van der Waals surface area (Å²) in [5.41, 5.74) is 7.88. The lowest BCUT2D eigenvalue weighted by atomic mass is 9.72. The third kappa shape index (κ3) is 4.81. The molecule has 29 heavy (non-hydrogen) atoms. The van der Waals surface area contributed by atoms with Gasteiger partial charge < -0.3 is 15.8 Å². The van der Waals surface area contributed by atoms with Gasteiger partial charge in [-0.15, -0.1) is 11.3 Å². The van der Waals surface area contributed by atoms with Crippen molar-refractivity contribution in [3.05, 3.63) is 45.8 Å². The van der Waals surface area contributed by atoms with Crippen molar-refractivity contribution >= 4 is 28.2 Å². The highest BCUT2D eigenvalue weighted by atomic mass is 32.1. The third-order valence-electron chi connectivity index (χ3n) is 5.53. The van der Waals surface area contributed by atoms with Crippen LogP contribution in [0.1, 0.15) is 71.7 Å². The Labute approximate surface area is 176 Å². The Morgan fingerprint density at radius 2 is 2.07 bits per heavy atom. The van der Waals surface area contributed by atoms with E-state index in [-0.39, 0.29) is 11.3 Å². The first kappa shape index (κ1) is 21.4. The lowest BCUT2D eigenvalue weighted by Gasteiger charge is -2.33. The number of primary amides is 1. The van der Waals surface area contributed by atoms with Crippen LogP contribution in [-0.4, -0.2) is 18.4 Å². The van der Waals surface area contributed by atoms with E-state index in [0.717, 1.165) is 31.2 Å². The van der Waals surface area contributed by atoms with E-state index in [1.165, 1.54) is 16.2 Å². The standard InChI is InChI=1S/C23H30N2O3S/c1-5-11-28-16-8-6-7-14(12-16)21(27)25-22-19(20(24)26)17-10-9-15(23(2,3)4)13-18(17)29-22/h6-8,12,15H,5,9-11,13H2,1-4H3,(H2,24,26)(H,25,27)/t15-/m1/s1. The molecule has 0 unspecified atom stereocenters. The number of hydrogen-bond acceptors (Lipinski definition) is 4. The van der Waals surface area contributed by atoms with Gasteiger partial charge >= 0.3 is 0 Å². The van der Waals surface area contributed by atoms with E-state index in [2.05, 4.69) is 26.1 Å². The van der Waals surface area contributed by atoms with Crippen LogP contribution in [0.4, 0.5) is 5.00 Å². The molecule has 1 heterocycles. The van der Waals surface area contributed by atoms with E-state index in [1.54, 1.807) is 18.2 Å². The predicted octanol–water partition coefficient (Wildman–Crippen LogP) is 5.04. The van der Waals surface area contributed by atoms with Crippen molar-refractivity contribution < 1.29 is 14.3 Å². The molecule has 5 nitrogen and oxygen atoms in total. The summed E-state index contributed by atoms with van der Waals surface area (Å²) in [4.78, 5) is 26.2. The average Bonchev–Trinajstić information content (AvgIpc) is 3.03. The summed E-state index contributed by atoms with van der Waals surface area (Å²) in [5.74, 6) is 0.464.